The van der Waals surface area contributed by atoms with Crippen LogP contribution in [0.3, 0.4) is 0 Å². The van der Waals surface area contributed by atoms with E-state index in [1.54, 1.807) is 11.2 Å². The maximum atomic E-state index is 13.7. The number of rotatable bonds is 10. The molecule has 4 atom stereocenters. The smallest absolute Gasteiger partial charge is 0.407 e. The molecule has 11 heteroatoms. The molecule has 3 N–H and O–H groups in total. The number of hydrogen-bond acceptors (Lipinski definition) is 6. The van der Waals surface area contributed by atoms with E-state index < -0.39 is 27.8 Å². The second-order valence-electron chi connectivity index (χ2n) is 9.25. The van der Waals surface area contributed by atoms with Crippen molar-refractivity contribution < 1.29 is 31.5 Å². The number of nitrogens with one attached hydrogen (secondary N) is 1. The number of sulfonamides is 1. The molecule has 1 aliphatic carbocycles. The van der Waals surface area contributed by atoms with Crippen LogP contribution < -0.4 is 11.1 Å². The lowest BCUT2D eigenvalue weighted by Gasteiger charge is -2.43. The molecule has 8 nitrogen and oxygen atoms in total. The first-order valence-electron chi connectivity index (χ1n) is 11.7. The first-order chi connectivity index (χ1) is 16.1. The Morgan fingerprint density at radius 3 is 2.74 bits per heavy atom. The van der Waals surface area contributed by atoms with Gasteiger partial charge < -0.3 is 20.5 Å². The Morgan fingerprint density at radius 1 is 1.26 bits per heavy atom. The van der Waals surface area contributed by atoms with Gasteiger partial charge in [0.1, 0.15) is 6.61 Å². The monoisotopic (exact) mass is 503 g/mol. The van der Waals surface area contributed by atoms with Crippen LogP contribution >= 0.6 is 0 Å². The number of carbonyl (C=O) groups is 1. The molecule has 2 aliphatic heterocycles. The second-order valence-corrected chi connectivity index (χ2v) is 11.3. The van der Waals surface area contributed by atoms with Crippen molar-refractivity contribution >= 4 is 16.1 Å². The van der Waals surface area contributed by atoms with E-state index in [1.807, 2.05) is 0 Å². The van der Waals surface area contributed by atoms with Gasteiger partial charge in [0.2, 0.25) is 10.0 Å². The molecule has 3 aliphatic rings. The van der Waals surface area contributed by atoms with Crippen molar-refractivity contribution in [2.24, 2.45) is 17.6 Å². The third kappa shape index (κ3) is 6.65. The number of fused-ring (bicyclic) bond motifs is 4. The standard InChI is InChI=1S/C23H35F2N3O5S/c1-15-10-20(24)21(25)11-17(15)12-22(26)19-13-18-5-3-4-16(19)14-28(18)34(30,31)9-6-27-23(29)33-8-7-32-2/h10-11,16,18-19,22H,3-9,12-14,26H2,1-2H3,(H,27,29)/t16?,18?,19-,22?/m1/s1. The molecule has 0 radical (unpaired) electrons. The van der Waals surface area contributed by atoms with Crippen LogP contribution in [0.5, 0.6) is 0 Å². The number of nitrogens with zero attached hydrogens (tertiary/aromatic N) is 1. The summed E-state index contributed by atoms with van der Waals surface area (Å²) in [6.45, 7) is 2.44. The summed E-state index contributed by atoms with van der Waals surface area (Å²) in [6.07, 6.45) is 2.93. The van der Waals surface area contributed by atoms with Gasteiger partial charge in [0.25, 0.3) is 0 Å². The number of alkyl carbamates (subject to hydrolysis) is 1. The van der Waals surface area contributed by atoms with Crippen molar-refractivity contribution in [2.75, 3.05) is 39.2 Å². The van der Waals surface area contributed by atoms with Crippen molar-refractivity contribution in [2.45, 2.75) is 51.1 Å². The van der Waals surface area contributed by atoms with E-state index in [-0.39, 0.29) is 49.4 Å². The van der Waals surface area contributed by atoms with Gasteiger partial charge in [-0.3, -0.25) is 0 Å². The predicted octanol–water partition coefficient (Wildman–Crippen LogP) is 2.34. The largest absolute Gasteiger partial charge is 0.447 e. The molecule has 0 spiro atoms. The highest BCUT2D eigenvalue weighted by atomic mass is 32.2. The number of halogens is 2. The van der Waals surface area contributed by atoms with E-state index >= 15 is 0 Å². The van der Waals surface area contributed by atoms with Gasteiger partial charge in [0, 0.05) is 32.3 Å². The van der Waals surface area contributed by atoms with Crippen LogP contribution in [0.15, 0.2) is 12.1 Å². The first-order valence-corrected chi connectivity index (χ1v) is 13.3. The minimum atomic E-state index is -3.58. The van der Waals surface area contributed by atoms with Crippen LogP contribution in [-0.4, -0.2) is 70.1 Å². The molecule has 1 saturated carbocycles. The average molecular weight is 504 g/mol. The average Bonchev–Trinajstić information content (AvgIpc) is 3.12. The first kappa shape index (κ1) is 26.8. The van der Waals surface area contributed by atoms with Gasteiger partial charge in [-0.05, 0) is 67.7 Å². The van der Waals surface area contributed by atoms with E-state index in [9.17, 15) is 22.0 Å². The van der Waals surface area contributed by atoms with Crippen LogP contribution in [0, 0.1) is 30.4 Å². The molecule has 3 fully saturated rings. The lowest BCUT2D eigenvalue weighted by Crippen LogP contribution is -2.53. The Morgan fingerprint density at radius 2 is 2.00 bits per heavy atom. The summed E-state index contributed by atoms with van der Waals surface area (Å²) in [6, 6.07) is 1.97. The molecule has 1 aromatic carbocycles. The summed E-state index contributed by atoms with van der Waals surface area (Å²) in [4.78, 5) is 11.6. The summed E-state index contributed by atoms with van der Waals surface area (Å²) in [5.41, 5.74) is 7.89. The van der Waals surface area contributed by atoms with Gasteiger partial charge in [-0.1, -0.05) is 6.42 Å². The number of methoxy groups -OCH3 is 1. The van der Waals surface area contributed by atoms with E-state index in [1.165, 1.54) is 19.2 Å². The van der Waals surface area contributed by atoms with Gasteiger partial charge in [0.05, 0.1) is 12.4 Å². The van der Waals surface area contributed by atoms with Crippen LogP contribution in [0.4, 0.5) is 13.6 Å². The minimum Gasteiger partial charge on any atom is -0.447 e. The zero-order valence-corrected chi connectivity index (χ0v) is 20.6. The Labute approximate surface area is 200 Å². The highest BCUT2D eigenvalue weighted by Gasteiger charge is 2.44. The Bertz CT molecular complexity index is 962. The Hall–Kier alpha value is -1.82. The summed E-state index contributed by atoms with van der Waals surface area (Å²) in [5, 5.41) is 2.46. The van der Waals surface area contributed by atoms with Crippen molar-refractivity contribution in [1.82, 2.24) is 9.62 Å². The molecular formula is C23H35F2N3O5S. The highest BCUT2D eigenvalue weighted by molar-refractivity contribution is 7.89. The van der Waals surface area contributed by atoms with E-state index in [0.29, 0.717) is 30.5 Å². The molecular weight excluding hydrogens is 468 g/mol. The predicted molar refractivity (Wildman–Crippen MR) is 124 cm³/mol. The molecule has 2 bridgehead atoms. The van der Waals surface area contributed by atoms with Crippen LogP contribution in [0.1, 0.15) is 36.8 Å². The maximum absolute atomic E-state index is 13.7. The zero-order chi connectivity index (χ0) is 24.9. The SMILES string of the molecule is COCCOC(=O)NCCS(=O)(=O)N1CC2CCCC1C[C@H]2C(N)Cc1cc(F)c(F)cc1C. The summed E-state index contributed by atoms with van der Waals surface area (Å²) >= 11 is 0. The fraction of sp³-hybridized carbons (Fsp3) is 0.696. The third-order valence-electron chi connectivity index (χ3n) is 6.98. The number of benzene rings is 1. The van der Waals surface area contributed by atoms with Gasteiger partial charge in [0.15, 0.2) is 11.6 Å². The lowest BCUT2D eigenvalue weighted by atomic mass is 9.77. The lowest BCUT2D eigenvalue weighted by molar-refractivity contribution is 0.0988. The summed E-state index contributed by atoms with van der Waals surface area (Å²) in [7, 11) is -2.09. The normalized spacial score (nSPS) is 24.0. The maximum Gasteiger partial charge on any atom is 0.407 e. The number of carbonyl (C=O) groups excluding carboxylic acids is 1. The summed E-state index contributed by atoms with van der Waals surface area (Å²) in [5.74, 6) is -1.77. The second kappa shape index (κ2) is 11.7. The summed E-state index contributed by atoms with van der Waals surface area (Å²) < 4.78 is 64.6. The number of nitrogens with two attached hydrogens (primary N) is 1. The molecule has 2 saturated heterocycles. The van der Waals surface area contributed by atoms with Crippen LogP contribution in [0.25, 0.3) is 0 Å². The quantitative estimate of drug-likeness (QED) is 0.474. The molecule has 3 unspecified atom stereocenters. The van der Waals surface area contributed by atoms with E-state index in [2.05, 4.69) is 5.32 Å². The van der Waals surface area contributed by atoms with E-state index in [0.717, 1.165) is 19.3 Å². The molecule has 0 aromatic heterocycles. The van der Waals surface area contributed by atoms with Crippen LogP contribution in [0.2, 0.25) is 0 Å². The van der Waals surface area contributed by atoms with E-state index in [4.69, 9.17) is 15.2 Å². The molecule has 2 heterocycles. The minimum absolute atomic E-state index is 0.0413. The molecule has 4 rings (SSSR count). The number of piperidine rings is 1. The van der Waals surface area contributed by atoms with Crippen molar-refractivity contribution in [3.05, 3.63) is 34.9 Å². The number of ether oxygens (including phenoxy) is 2. The topological polar surface area (TPSA) is 111 Å². The number of aryl methyl sites for hydroxylation is 1. The van der Waals surface area contributed by atoms with Crippen LogP contribution in [-0.2, 0) is 25.9 Å². The Kier molecular flexibility index (Phi) is 9.25. The molecule has 192 valence electrons. The number of hydrogen-bond donors (Lipinski definition) is 2. The highest BCUT2D eigenvalue weighted by Crippen LogP contribution is 2.40. The van der Waals surface area contributed by atoms with Gasteiger partial charge >= 0.3 is 6.09 Å². The molecule has 1 amide bonds. The molecule has 1 aromatic rings. The number of amides is 1. The fourth-order valence-corrected chi connectivity index (χ4v) is 6.83. The van der Waals surface area contributed by atoms with Crippen molar-refractivity contribution in [3.63, 3.8) is 0 Å². The van der Waals surface area contributed by atoms with Crippen molar-refractivity contribution in [3.8, 4) is 0 Å². The zero-order valence-electron chi connectivity index (χ0n) is 19.8. The third-order valence-corrected chi connectivity index (χ3v) is 8.86. The fourth-order valence-electron chi connectivity index (χ4n) is 5.17. The Balaban J connectivity index is 1.59. The molecule has 34 heavy (non-hydrogen) atoms. The van der Waals surface area contributed by atoms with Gasteiger partial charge in [-0.15, -0.1) is 0 Å². The van der Waals surface area contributed by atoms with Gasteiger partial charge in [-0.2, -0.15) is 4.31 Å². The van der Waals surface area contributed by atoms with Gasteiger partial charge in [-0.25, -0.2) is 22.0 Å². The van der Waals surface area contributed by atoms with Crippen molar-refractivity contribution in [1.29, 1.82) is 0 Å².